The van der Waals surface area contributed by atoms with Crippen molar-refractivity contribution in [2.24, 2.45) is 0 Å². The van der Waals surface area contributed by atoms with Crippen molar-refractivity contribution < 1.29 is 70.7 Å². The average Bonchev–Trinajstić information content (AvgIpc) is 1.00. The Morgan fingerprint density at radius 1 is 1.20 bits per heavy atom. The number of hydrogen-bond donors (Lipinski definition) is 0. The van der Waals surface area contributed by atoms with Crippen molar-refractivity contribution in [3.8, 4) is 0 Å². The van der Waals surface area contributed by atoms with Crippen LogP contribution in [0.3, 0.4) is 0 Å². The van der Waals surface area contributed by atoms with Crippen LogP contribution in [0.2, 0.25) is 5.31 Å². The van der Waals surface area contributed by atoms with E-state index in [9.17, 15) is 0 Å². The molecule has 0 aliphatic heterocycles. The predicted molar refractivity (Wildman–Crippen MR) is 5.86 cm³/mol. The summed E-state index contributed by atoms with van der Waals surface area (Å²) in [4.78, 5) is 0. The third-order valence-corrected chi connectivity index (χ3v) is 0. The van der Waals surface area contributed by atoms with E-state index in [2.05, 4.69) is 0 Å². The second-order valence-electron chi connectivity index (χ2n) is 0. The normalized spacial score (nSPS) is 1.00. The SMILES string of the molecule is [CH3][Mo].[Cr].[Fe].[Ni]. The van der Waals surface area contributed by atoms with Crippen molar-refractivity contribution in [1.29, 1.82) is 0 Å². The molecule has 4 heteroatoms. The maximum Gasteiger partial charge on any atom is 0 e. The molecule has 0 unspecified atom stereocenters. The van der Waals surface area contributed by atoms with Crippen LogP contribution in [0, 0.1) is 0 Å². The van der Waals surface area contributed by atoms with Crippen LogP contribution in [0.5, 0.6) is 0 Å². The zero-order chi connectivity index (χ0) is 2.00. The molecule has 0 aromatic carbocycles. The summed E-state index contributed by atoms with van der Waals surface area (Å²) in [5.41, 5.74) is 0. The van der Waals surface area contributed by atoms with E-state index in [4.69, 9.17) is 0 Å². The van der Waals surface area contributed by atoms with E-state index in [1.807, 2.05) is 25.1 Å². The van der Waals surface area contributed by atoms with Gasteiger partial charge in [-0.15, -0.1) is 0 Å². The quantitative estimate of drug-likeness (QED) is 0.568. The molecule has 0 fully saturated rings. The van der Waals surface area contributed by atoms with Gasteiger partial charge in [0.25, 0.3) is 0 Å². The average molecular weight is 278 g/mol. The molecule has 0 spiro atoms. The summed E-state index contributed by atoms with van der Waals surface area (Å²) in [6, 6.07) is 0. The molecule has 0 saturated carbocycles. The van der Waals surface area contributed by atoms with Gasteiger partial charge >= 0.3 is 25.1 Å². The van der Waals surface area contributed by atoms with Crippen molar-refractivity contribution in [3.05, 3.63) is 0 Å². The van der Waals surface area contributed by atoms with Crippen molar-refractivity contribution >= 4 is 0 Å². The van der Waals surface area contributed by atoms with Gasteiger partial charge in [-0.05, 0) is 0 Å². The molecule has 0 saturated heterocycles. The summed E-state index contributed by atoms with van der Waals surface area (Å²) < 4.78 is 0. The minimum atomic E-state index is 0. The Morgan fingerprint density at radius 3 is 1.20 bits per heavy atom. The van der Waals surface area contributed by atoms with Crippen molar-refractivity contribution in [2.45, 2.75) is 5.31 Å². The summed E-state index contributed by atoms with van der Waals surface area (Å²) in [6.07, 6.45) is 0. The Balaban J connectivity index is -0.00000000167. The molecule has 37 valence electrons. The summed E-state index contributed by atoms with van der Waals surface area (Å²) in [5.74, 6) is 0. The summed E-state index contributed by atoms with van der Waals surface area (Å²) in [5, 5.41) is 2.01. The van der Waals surface area contributed by atoms with Gasteiger partial charge in [0.1, 0.15) is 0 Å². The number of hydrogen-bond acceptors (Lipinski definition) is 0. The van der Waals surface area contributed by atoms with Crippen LogP contribution in [0.1, 0.15) is 0 Å². The first-order valence-corrected chi connectivity index (χ1v) is 2.42. The first-order chi connectivity index (χ1) is 1.00. The summed E-state index contributed by atoms with van der Waals surface area (Å²) in [7, 11) is 0. The van der Waals surface area contributed by atoms with Gasteiger partial charge in [-0.1, -0.05) is 0 Å². The second kappa shape index (κ2) is 34.2. The summed E-state index contributed by atoms with van der Waals surface area (Å²) >= 11 is 1.95. The first-order valence-electron chi connectivity index (χ1n) is 0.408. The molecule has 0 aromatic heterocycles. The topological polar surface area (TPSA) is 0 Å². The Bertz CT molecular complexity index is 11.6. The van der Waals surface area contributed by atoms with E-state index >= 15 is 0 Å². The molecule has 0 nitrogen and oxygen atoms in total. The molecule has 5 heavy (non-hydrogen) atoms. The van der Waals surface area contributed by atoms with E-state index in [0.29, 0.717) is 0 Å². The van der Waals surface area contributed by atoms with E-state index in [-0.39, 0.29) is 50.9 Å². The molecular formula is CH3CrFeMoNi. The fourth-order valence-electron chi connectivity index (χ4n) is 0. The fraction of sp³-hybridized carbons (Fsp3) is 1.00. The molecule has 0 heterocycles. The predicted octanol–water partition coefficient (Wildman–Crippen LogP) is 0.574. The third kappa shape index (κ3) is 22.4. The van der Waals surface area contributed by atoms with E-state index in [1.165, 1.54) is 0 Å². The Labute approximate surface area is 75.3 Å². The molecule has 0 atom stereocenters. The van der Waals surface area contributed by atoms with Gasteiger partial charge in [-0.2, -0.15) is 0 Å². The van der Waals surface area contributed by atoms with Gasteiger partial charge in [0, 0.05) is 50.9 Å². The Morgan fingerprint density at radius 2 is 1.20 bits per heavy atom. The maximum absolute atomic E-state index is 2.01. The van der Waals surface area contributed by atoms with Gasteiger partial charge in [-0.25, -0.2) is 0 Å². The molecule has 0 N–H and O–H groups in total. The smallest absolute Gasteiger partial charge is 0 e. The van der Waals surface area contributed by atoms with Gasteiger partial charge in [0.05, 0.1) is 0 Å². The van der Waals surface area contributed by atoms with E-state index < -0.39 is 0 Å². The molecular weight excluding hydrogens is 274 g/mol. The Kier molecular flexibility index (Phi) is 184. The fourth-order valence-corrected chi connectivity index (χ4v) is 0. The molecule has 0 bridgehead atoms. The summed E-state index contributed by atoms with van der Waals surface area (Å²) in [6.45, 7) is 0. The third-order valence-electron chi connectivity index (χ3n) is 0. The molecule has 0 aliphatic carbocycles. The van der Waals surface area contributed by atoms with Crippen LogP contribution in [0.15, 0.2) is 0 Å². The molecule has 0 amide bonds. The zero-order valence-electron chi connectivity index (χ0n) is 2.49. The monoisotopic (exact) mass is 279 g/mol. The molecule has 0 radical (unpaired) electrons. The van der Waals surface area contributed by atoms with Crippen LogP contribution in [-0.4, -0.2) is 0 Å². The van der Waals surface area contributed by atoms with Gasteiger partial charge in [0.15, 0.2) is 0 Å². The van der Waals surface area contributed by atoms with Crippen LogP contribution < -0.4 is 0 Å². The minimum Gasteiger partial charge on any atom is 0 e. The van der Waals surface area contributed by atoms with Gasteiger partial charge in [0.2, 0.25) is 0 Å². The van der Waals surface area contributed by atoms with Crippen molar-refractivity contribution in [1.82, 2.24) is 0 Å². The Hall–Kier alpha value is 2.23. The zero-order valence-corrected chi connectivity index (χ0v) is 7.86. The van der Waals surface area contributed by atoms with E-state index in [0.717, 1.165) is 0 Å². The van der Waals surface area contributed by atoms with Crippen molar-refractivity contribution in [2.75, 3.05) is 0 Å². The van der Waals surface area contributed by atoms with Crippen LogP contribution in [-0.2, 0) is 70.7 Å². The second-order valence-corrected chi connectivity index (χ2v) is 0. The van der Waals surface area contributed by atoms with Crippen LogP contribution >= 0.6 is 0 Å². The largest absolute Gasteiger partial charge is 0 e. The van der Waals surface area contributed by atoms with Gasteiger partial charge < -0.3 is 0 Å². The maximum atomic E-state index is 2.01. The van der Waals surface area contributed by atoms with E-state index in [1.54, 1.807) is 0 Å². The standard InChI is InChI=1S/CH3.Cr.Fe.Mo.Ni/h1H3;;;;. The first kappa shape index (κ1) is 26.9. The number of rotatable bonds is 0. The minimum absolute atomic E-state index is 0. The molecule has 0 aromatic rings. The van der Waals surface area contributed by atoms with Crippen LogP contribution in [0.25, 0.3) is 0 Å². The van der Waals surface area contributed by atoms with Gasteiger partial charge in [-0.3, -0.25) is 0 Å². The molecule has 0 rings (SSSR count). The molecule has 0 aliphatic rings. The van der Waals surface area contributed by atoms with Crippen molar-refractivity contribution in [3.63, 3.8) is 0 Å². The van der Waals surface area contributed by atoms with Crippen LogP contribution in [0.4, 0.5) is 0 Å².